The number of alkyl halides is 3. The van der Waals surface area contributed by atoms with Crippen molar-refractivity contribution < 1.29 is 17.6 Å². The van der Waals surface area contributed by atoms with Crippen molar-refractivity contribution in [1.82, 2.24) is 0 Å². The van der Waals surface area contributed by atoms with Crippen molar-refractivity contribution in [2.45, 2.75) is 6.18 Å². The van der Waals surface area contributed by atoms with Crippen molar-refractivity contribution in [3.05, 3.63) is 47.8 Å². The van der Waals surface area contributed by atoms with E-state index in [1.54, 1.807) is 6.07 Å². The van der Waals surface area contributed by atoms with E-state index in [4.69, 9.17) is 0 Å². The average molecular weight is 214 g/mol. The van der Waals surface area contributed by atoms with Gasteiger partial charge in [0, 0.05) is 5.39 Å². The van der Waals surface area contributed by atoms with E-state index in [2.05, 4.69) is 0 Å². The first-order valence-corrected chi connectivity index (χ1v) is 4.24. The quantitative estimate of drug-likeness (QED) is 0.581. The number of halogens is 4. The Morgan fingerprint density at radius 3 is 2.33 bits per heavy atom. The van der Waals surface area contributed by atoms with E-state index in [1.165, 1.54) is 12.1 Å². The van der Waals surface area contributed by atoms with Gasteiger partial charge in [-0.1, -0.05) is 18.2 Å². The van der Waals surface area contributed by atoms with Crippen LogP contribution >= 0.6 is 0 Å². The minimum Gasteiger partial charge on any atom is -0.206 e. The van der Waals surface area contributed by atoms with E-state index in [0.717, 1.165) is 18.2 Å². The van der Waals surface area contributed by atoms with Crippen molar-refractivity contribution in [3.63, 3.8) is 0 Å². The van der Waals surface area contributed by atoms with Crippen LogP contribution in [0.15, 0.2) is 36.4 Å². The highest BCUT2D eigenvalue weighted by Gasteiger charge is 2.30. The van der Waals surface area contributed by atoms with Gasteiger partial charge in [0.25, 0.3) is 0 Å². The fourth-order valence-corrected chi connectivity index (χ4v) is 1.41. The van der Waals surface area contributed by atoms with Crippen LogP contribution in [0.1, 0.15) is 5.56 Å². The Morgan fingerprint density at radius 1 is 0.933 bits per heavy atom. The monoisotopic (exact) mass is 214 g/mol. The summed E-state index contributed by atoms with van der Waals surface area (Å²) in [4.78, 5) is 0. The number of benzene rings is 2. The third-order valence-electron chi connectivity index (χ3n) is 2.16. The molecule has 0 nitrogen and oxygen atoms in total. The molecule has 4 heteroatoms. The Morgan fingerprint density at radius 2 is 1.67 bits per heavy atom. The van der Waals surface area contributed by atoms with E-state index in [-0.39, 0.29) is 5.39 Å². The Bertz CT molecular complexity index is 499. The standard InChI is InChI=1S/C11H6F4/c12-10-3-1-2-7-4-5-8(6-9(7)10)11(13,14)15/h1-6H. The van der Waals surface area contributed by atoms with Crippen molar-refractivity contribution in [3.8, 4) is 0 Å². The van der Waals surface area contributed by atoms with Crippen LogP contribution in [0, 0.1) is 5.82 Å². The van der Waals surface area contributed by atoms with Gasteiger partial charge in [0.1, 0.15) is 5.82 Å². The smallest absolute Gasteiger partial charge is 0.206 e. The lowest BCUT2D eigenvalue weighted by Crippen LogP contribution is -2.04. The lowest BCUT2D eigenvalue weighted by Gasteiger charge is -2.07. The van der Waals surface area contributed by atoms with E-state index in [0.29, 0.717) is 5.39 Å². The van der Waals surface area contributed by atoms with Crippen LogP contribution in [0.4, 0.5) is 17.6 Å². The van der Waals surface area contributed by atoms with Gasteiger partial charge in [-0.05, 0) is 23.6 Å². The third kappa shape index (κ3) is 1.79. The van der Waals surface area contributed by atoms with Crippen molar-refractivity contribution in [2.75, 3.05) is 0 Å². The van der Waals surface area contributed by atoms with E-state index in [1.807, 2.05) is 0 Å². The molecule has 0 spiro atoms. The lowest BCUT2D eigenvalue weighted by atomic mass is 10.1. The molecule has 0 aliphatic rings. The van der Waals surface area contributed by atoms with Gasteiger partial charge in [0.05, 0.1) is 5.56 Å². The number of rotatable bonds is 0. The SMILES string of the molecule is Fc1cccc2ccc(C(F)(F)F)cc12. The largest absolute Gasteiger partial charge is 0.416 e. The van der Waals surface area contributed by atoms with Crippen LogP contribution in [-0.2, 0) is 6.18 Å². The van der Waals surface area contributed by atoms with E-state index >= 15 is 0 Å². The summed E-state index contributed by atoms with van der Waals surface area (Å²) in [6.07, 6.45) is -4.43. The summed E-state index contributed by atoms with van der Waals surface area (Å²) in [6, 6.07) is 7.21. The van der Waals surface area contributed by atoms with Crippen LogP contribution in [0.3, 0.4) is 0 Å². The molecule has 0 aromatic heterocycles. The minimum atomic E-state index is -4.43. The van der Waals surface area contributed by atoms with Gasteiger partial charge in [-0.3, -0.25) is 0 Å². The Kier molecular flexibility index (Phi) is 2.14. The molecule has 0 atom stereocenters. The topological polar surface area (TPSA) is 0 Å². The zero-order valence-electron chi connectivity index (χ0n) is 7.48. The molecule has 0 amide bonds. The molecule has 0 bridgehead atoms. The van der Waals surface area contributed by atoms with Gasteiger partial charge < -0.3 is 0 Å². The van der Waals surface area contributed by atoms with Gasteiger partial charge in [-0.2, -0.15) is 13.2 Å². The van der Waals surface area contributed by atoms with Crippen molar-refractivity contribution in [2.24, 2.45) is 0 Å². The normalized spacial score (nSPS) is 12.0. The highest BCUT2D eigenvalue weighted by Crippen LogP contribution is 2.31. The molecule has 0 aliphatic heterocycles. The molecule has 0 aliphatic carbocycles. The second kappa shape index (κ2) is 3.22. The van der Waals surface area contributed by atoms with E-state index < -0.39 is 17.6 Å². The number of hydrogen-bond acceptors (Lipinski definition) is 0. The zero-order chi connectivity index (χ0) is 11.1. The lowest BCUT2D eigenvalue weighted by molar-refractivity contribution is -0.137. The first kappa shape index (κ1) is 9.96. The number of hydrogen-bond donors (Lipinski definition) is 0. The summed E-state index contributed by atoms with van der Waals surface area (Å²) in [7, 11) is 0. The summed E-state index contributed by atoms with van der Waals surface area (Å²) in [5.41, 5.74) is -0.833. The van der Waals surface area contributed by atoms with E-state index in [9.17, 15) is 17.6 Å². The molecule has 0 saturated heterocycles. The second-order valence-corrected chi connectivity index (χ2v) is 3.17. The summed E-state index contributed by atoms with van der Waals surface area (Å²) in [5, 5.41) is 0.454. The van der Waals surface area contributed by atoms with Crippen LogP contribution in [-0.4, -0.2) is 0 Å². The number of fused-ring (bicyclic) bond motifs is 1. The Labute approximate surface area is 83.1 Å². The molecule has 0 fully saturated rings. The highest BCUT2D eigenvalue weighted by molar-refractivity contribution is 5.83. The molecular weight excluding hydrogens is 208 g/mol. The molecule has 2 aromatic rings. The predicted octanol–water partition coefficient (Wildman–Crippen LogP) is 4.00. The van der Waals surface area contributed by atoms with Crippen LogP contribution in [0.5, 0.6) is 0 Å². The molecule has 2 rings (SSSR count). The van der Waals surface area contributed by atoms with Crippen molar-refractivity contribution >= 4 is 10.8 Å². The molecule has 2 aromatic carbocycles. The third-order valence-corrected chi connectivity index (χ3v) is 2.16. The zero-order valence-corrected chi connectivity index (χ0v) is 7.48. The van der Waals surface area contributed by atoms with Gasteiger partial charge >= 0.3 is 6.18 Å². The van der Waals surface area contributed by atoms with Gasteiger partial charge in [-0.25, -0.2) is 4.39 Å². The fraction of sp³-hybridized carbons (Fsp3) is 0.0909. The Balaban J connectivity index is 2.70. The Hall–Kier alpha value is -1.58. The van der Waals surface area contributed by atoms with Gasteiger partial charge in [0.15, 0.2) is 0 Å². The molecule has 0 saturated carbocycles. The van der Waals surface area contributed by atoms with Crippen LogP contribution < -0.4 is 0 Å². The summed E-state index contributed by atoms with van der Waals surface area (Å²) < 4.78 is 50.2. The van der Waals surface area contributed by atoms with Gasteiger partial charge in [-0.15, -0.1) is 0 Å². The molecule has 0 N–H and O–H groups in total. The molecule has 0 heterocycles. The average Bonchev–Trinajstić information content (AvgIpc) is 2.16. The van der Waals surface area contributed by atoms with Gasteiger partial charge in [0.2, 0.25) is 0 Å². The molecule has 78 valence electrons. The summed E-state index contributed by atoms with van der Waals surface area (Å²) in [6.45, 7) is 0. The summed E-state index contributed by atoms with van der Waals surface area (Å²) >= 11 is 0. The van der Waals surface area contributed by atoms with Crippen LogP contribution in [0.2, 0.25) is 0 Å². The fourth-order valence-electron chi connectivity index (χ4n) is 1.41. The maximum absolute atomic E-state index is 13.2. The highest BCUT2D eigenvalue weighted by atomic mass is 19.4. The minimum absolute atomic E-state index is 0.00711. The molecular formula is C11H6F4. The first-order valence-electron chi connectivity index (χ1n) is 4.24. The first-order chi connectivity index (χ1) is 6.98. The molecule has 15 heavy (non-hydrogen) atoms. The molecule has 0 radical (unpaired) electrons. The van der Waals surface area contributed by atoms with Crippen LogP contribution in [0.25, 0.3) is 10.8 Å². The second-order valence-electron chi connectivity index (χ2n) is 3.17. The maximum Gasteiger partial charge on any atom is 0.416 e. The predicted molar refractivity (Wildman–Crippen MR) is 48.9 cm³/mol. The summed E-state index contributed by atoms with van der Waals surface area (Å²) in [5.74, 6) is -0.640. The maximum atomic E-state index is 13.2. The van der Waals surface area contributed by atoms with Crippen molar-refractivity contribution in [1.29, 1.82) is 0 Å². The molecule has 0 unspecified atom stereocenters.